The van der Waals surface area contributed by atoms with E-state index in [2.05, 4.69) is 5.32 Å². The van der Waals surface area contributed by atoms with Gasteiger partial charge in [-0.05, 0) is 38.0 Å². The third-order valence-corrected chi connectivity index (χ3v) is 3.75. The maximum absolute atomic E-state index is 12.0. The van der Waals surface area contributed by atoms with E-state index in [-0.39, 0.29) is 16.9 Å². The molecule has 0 saturated carbocycles. The quantitative estimate of drug-likeness (QED) is 0.755. The Morgan fingerprint density at radius 2 is 2.05 bits per heavy atom. The fourth-order valence-electron chi connectivity index (χ4n) is 1.84. The summed E-state index contributed by atoms with van der Waals surface area (Å²) in [6.07, 6.45) is 1.18. The van der Waals surface area contributed by atoms with Crippen LogP contribution in [0, 0.1) is 0 Å². The van der Waals surface area contributed by atoms with Crippen molar-refractivity contribution in [2.75, 3.05) is 0 Å². The molecule has 1 rings (SSSR count). The summed E-state index contributed by atoms with van der Waals surface area (Å²) in [5.74, 6) is 0.366. The second-order valence-corrected chi connectivity index (χ2v) is 5.64. The van der Waals surface area contributed by atoms with E-state index in [1.54, 1.807) is 25.1 Å². The smallest absolute Gasteiger partial charge is 0.260 e. The van der Waals surface area contributed by atoms with E-state index in [9.17, 15) is 4.79 Å². The van der Waals surface area contributed by atoms with Crippen LogP contribution in [0.3, 0.4) is 0 Å². The number of ether oxygens (including phenoxy) is 1. The lowest BCUT2D eigenvalue weighted by Gasteiger charge is -2.19. The van der Waals surface area contributed by atoms with Crippen LogP contribution in [-0.4, -0.2) is 23.0 Å². The van der Waals surface area contributed by atoms with Gasteiger partial charge in [-0.2, -0.15) is 0 Å². The molecular weight excluding hydrogens is 308 g/mol. The summed E-state index contributed by atoms with van der Waals surface area (Å²) in [5, 5.41) is 3.35. The normalized spacial score (nSPS) is 12.0. The molecule has 3 N–H and O–H groups in total. The molecular formula is C15H21ClN2O2S. The minimum absolute atomic E-state index is 0.141. The molecule has 1 aromatic rings. The molecule has 0 aliphatic carbocycles. The average Bonchev–Trinajstić information content (AvgIpc) is 2.44. The van der Waals surface area contributed by atoms with Gasteiger partial charge in [0.25, 0.3) is 5.91 Å². The lowest BCUT2D eigenvalue weighted by atomic mass is 10.1. The van der Waals surface area contributed by atoms with Crippen LogP contribution in [0.4, 0.5) is 0 Å². The summed E-state index contributed by atoms with van der Waals surface area (Å²) < 4.78 is 5.60. The average molecular weight is 329 g/mol. The summed E-state index contributed by atoms with van der Waals surface area (Å²) in [7, 11) is 0. The molecule has 21 heavy (non-hydrogen) atoms. The van der Waals surface area contributed by atoms with Crippen molar-refractivity contribution in [3.05, 3.63) is 28.8 Å². The van der Waals surface area contributed by atoms with Gasteiger partial charge in [0.2, 0.25) is 0 Å². The minimum atomic E-state index is -0.600. The Morgan fingerprint density at radius 1 is 1.43 bits per heavy atom. The number of thiocarbonyl (C=S) groups is 1. The van der Waals surface area contributed by atoms with E-state index in [1.165, 1.54) is 0 Å². The first kappa shape index (κ1) is 17.7. The minimum Gasteiger partial charge on any atom is -0.481 e. The van der Waals surface area contributed by atoms with Crippen LogP contribution in [0.1, 0.15) is 39.2 Å². The van der Waals surface area contributed by atoms with Crippen LogP contribution in [0.25, 0.3) is 0 Å². The zero-order valence-electron chi connectivity index (χ0n) is 12.5. The number of carbonyl (C=O) groups excluding carboxylic acids is 1. The van der Waals surface area contributed by atoms with Crippen LogP contribution in [0.5, 0.6) is 5.75 Å². The maximum atomic E-state index is 12.0. The highest BCUT2D eigenvalue weighted by molar-refractivity contribution is 7.80. The van der Waals surface area contributed by atoms with Crippen molar-refractivity contribution in [2.24, 2.45) is 5.73 Å². The molecule has 0 heterocycles. The largest absolute Gasteiger partial charge is 0.481 e. The molecule has 1 unspecified atom stereocenters. The Labute approximate surface area is 136 Å². The van der Waals surface area contributed by atoms with E-state index in [0.29, 0.717) is 16.3 Å². The number of nitrogens with two attached hydrogens (primary N) is 1. The van der Waals surface area contributed by atoms with Gasteiger partial charge in [0.15, 0.2) is 6.10 Å². The third-order valence-electron chi connectivity index (χ3n) is 3.22. The fraction of sp³-hybridized carbons (Fsp3) is 0.467. The number of benzene rings is 1. The number of nitrogens with one attached hydrogen (secondary N) is 1. The van der Waals surface area contributed by atoms with Crippen molar-refractivity contribution in [2.45, 2.75) is 45.8 Å². The van der Waals surface area contributed by atoms with Gasteiger partial charge in [0.05, 0.1) is 5.02 Å². The molecule has 0 aliphatic rings. The third kappa shape index (κ3) is 5.17. The molecule has 0 radical (unpaired) electrons. The van der Waals surface area contributed by atoms with E-state index >= 15 is 0 Å². The highest BCUT2D eigenvalue weighted by Crippen LogP contribution is 2.23. The first-order chi connectivity index (χ1) is 9.88. The van der Waals surface area contributed by atoms with Crippen LogP contribution >= 0.6 is 23.8 Å². The number of amides is 1. The van der Waals surface area contributed by atoms with Gasteiger partial charge in [-0.1, -0.05) is 37.7 Å². The summed E-state index contributed by atoms with van der Waals surface area (Å²) in [4.78, 5) is 12.3. The molecule has 0 aliphatic heterocycles. The van der Waals surface area contributed by atoms with E-state index in [1.807, 2.05) is 13.8 Å². The van der Waals surface area contributed by atoms with Gasteiger partial charge < -0.3 is 15.8 Å². The van der Waals surface area contributed by atoms with E-state index in [0.717, 1.165) is 12.8 Å². The van der Waals surface area contributed by atoms with Crippen molar-refractivity contribution >= 4 is 34.7 Å². The molecule has 116 valence electrons. The van der Waals surface area contributed by atoms with Gasteiger partial charge in [-0.15, -0.1) is 0 Å². The molecule has 1 aromatic carbocycles. The highest BCUT2D eigenvalue weighted by atomic mass is 35.5. The van der Waals surface area contributed by atoms with Gasteiger partial charge in [-0.3, -0.25) is 4.79 Å². The molecule has 6 heteroatoms. The monoisotopic (exact) mass is 328 g/mol. The Hall–Kier alpha value is -1.33. The van der Waals surface area contributed by atoms with Crippen LogP contribution in [0.15, 0.2) is 18.2 Å². The second kappa shape index (κ2) is 8.20. The number of hydrogen-bond donors (Lipinski definition) is 2. The number of rotatable bonds is 7. The van der Waals surface area contributed by atoms with E-state index in [4.69, 9.17) is 34.3 Å². The summed E-state index contributed by atoms with van der Waals surface area (Å²) in [5.41, 5.74) is 6.13. The molecule has 0 aromatic heterocycles. The van der Waals surface area contributed by atoms with E-state index < -0.39 is 6.10 Å². The summed E-state index contributed by atoms with van der Waals surface area (Å²) >= 11 is 11.0. The molecule has 1 amide bonds. The van der Waals surface area contributed by atoms with Crippen molar-refractivity contribution in [3.63, 3.8) is 0 Å². The lowest BCUT2D eigenvalue weighted by Crippen LogP contribution is -2.42. The first-order valence-electron chi connectivity index (χ1n) is 6.95. The van der Waals surface area contributed by atoms with Gasteiger partial charge in [0.1, 0.15) is 10.7 Å². The van der Waals surface area contributed by atoms with Crippen molar-refractivity contribution in [1.29, 1.82) is 0 Å². The molecule has 0 bridgehead atoms. The van der Waals surface area contributed by atoms with Crippen molar-refractivity contribution < 1.29 is 9.53 Å². The second-order valence-electron chi connectivity index (χ2n) is 4.79. The highest BCUT2D eigenvalue weighted by Gasteiger charge is 2.17. The zero-order valence-corrected chi connectivity index (χ0v) is 14.1. The van der Waals surface area contributed by atoms with Gasteiger partial charge >= 0.3 is 0 Å². The Balaban J connectivity index is 2.70. The number of hydrogen-bond acceptors (Lipinski definition) is 3. The summed E-state index contributed by atoms with van der Waals surface area (Å²) in [6, 6.07) is 5.16. The predicted octanol–water partition coefficient (Wildman–Crippen LogP) is 3.05. The zero-order chi connectivity index (χ0) is 16.0. The van der Waals surface area contributed by atoms with Gasteiger partial charge in [-0.25, -0.2) is 0 Å². The number of halogens is 1. The Kier molecular flexibility index (Phi) is 6.92. The van der Waals surface area contributed by atoms with Crippen LogP contribution in [-0.2, 0) is 4.79 Å². The molecule has 0 spiro atoms. The van der Waals surface area contributed by atoms with Crippen molar-refractivity contribution in [3.8, 4) is 5.75 Å². The molecule has 4 nitrogen and oxygen atoms in total. The Bertz CT molecular complexity index is 518. The number of carbonyl (C=O) groups is 1. The topological polar surface area (TPSA) is 64.3 Å². The van der Waals surface area contributed by atoms with Crippen LogP contribution < -0.4 is 15.8 Å². The SMILES string of the molecule is CCC(CC)NC(=O)C(C)Oc1ccc(C(N)=S)c(Cl)c1. The Morgan fingerprint density at radius 3 is 2.52 bits per heavy atom. The standard InChI is InChI=1S/C15H21ClN2O2S/c1-4-10(5-2)18-15(19)9(3)20-11-6-7-12(14(17)21)13(16)8-11/h6-10H,4-5H2,1-3H3,(H2,17,21)(H,18,19). The summed E-state index contributed by atoms with van der Waals surface area (Å²) in [6.45, 7) is 5.77. The first-order valence-corrected chi connectivity index (χ1v) is 7.74. The maximum Gasteiger partial charge on any atom is 0.260 e. The van der Waals surface area contributed by atoms with Crippen molar-refractivity contribution in [1.82, 2.24) is 5.32 Å². The molecule has 0 fully saturated rings. The predicted molar refractivity (Wildman–Crippen MR) is 89.9 cm³/mol. The van der Waals surface area contributed by atoms with Gasteiger partial charge in [0, 0.05) is 11.6 Å². The molecule has 0 saturated heterocycles. The fourth-order valence-corrected chi connectivity index (χ4v) is 2.34. The molecule has 1 atom stereocenters. The lowest BCUT2D eigenvalue weighted by molar-refractivity contribution is -0.128. The van der Waals surface area contributed by atoms with Crippen LogP contribution in [0.2, 0.25) is 5.02 Å².